The first-order valence-electron chi connectivity index (χ1n) is 7.61. The van der Waals surface area contributed by atoms with Gasteiger partial charge in [0.2, 0.25) is 0 Å². The fourth-order valence-electron chi connectivity index (χ4n) is 2.09. The van der Waals surface area contributed by atoms with E-state index in [0.717, 1.165) is 17.0 Å². The van der Waals surface area contributed by atoms with Crippen molar-refractivity contribution in [2.24, 2.45) is 0 Å². The van der Waals surface area contributed by atoms with Gasteiger partial charge in [-0.15, -0.1) is 0 Å². The van der Waals surface area contributed by atoms with Crippen LogP contribution in [0, 0.1) is 0 Å². The molecule has 0 radical (unpaired) electrons. The van der Waals surface area contributed by atoms with Gasteiger partial charge in [-0.1, -0.05) is 12.1 Å². The second-order valence-electron chi connectivity index (χ2n) is 5.54. The Morgan fingerprint density at radius 2 is 1.87 bits per heavy atom. The molecule has 3 N–H and O–H groups in total. The van der Waals surface area contributed by atoms with Gasteiger partial charge in [-0.2, -0.15) is 0 Å². The van der Waals surface area contributed by atoms with E-state index in [-0.39, 0.29) is 11.9 Å². The highest BCUT2D eigenvalue weighted by Crippen LogP contribution is 2.14. The number of hydrogen-bond acceptors (Lipinski definition) is 4. The van der Waals surface area contributed by atoms with E-state index < -0.39 is 0 Å². The third-order valence-corrected chi connectivity index (χ3v) is 3.22. The van der Waals surface area contributed by atoms with Crippen LogP contribution in [0.2, 0.25) is 0 Å². The second kappa shape index (κ2) is 8.19. The van der Waals surface area contributed by atoms with Crippen molar-refractivity contribution in [2.75, 3.05) is 12.5 Å². The van der Waals surface area contributed by atoms with Crippen LogP contribution >= 0.6 is 0 Å². The average molecular weight is 313 g/mol. The third kappa shape index (κ3) is 5.30. The van der Waals surface area contributed by atoms with Gasteiger partial charge in [0.05, 0.1) is 7.11 Å². The number of carbonyl (C=O) groups is 1. The Balaban J connectivity index is 1.89. The van der Waals surface area contributed by atoms with Gasteiger partial charge in [0, 0.05) is 23.8 Å². The summed E-state index contributed by atoms with van der Waals surface area (Å²) in [6, 6.07) is 15.3. The Labute approximate surface area is 137 Å². The van der Waals surface area contributed by atoms with Gasteiger partial charge in [0.15, 0.2) is 0 Å². The van der Waals surface area contributed by atoms with E-state index >= 15 is 0 Å². The number of benzene rings is 2. The number of nitrogens with one attached hydrogen (secondary N) is 3. The molecule has 0 atom stereocenters. The van der Waals surface area contributed by atoms with Crippen molar-refractivity contribution in [3.63, 3.8) is 0 Å². The molecule has 0 saturated heterocycles. The van der Waals surface area contributed by atoms with Crippen LogP contribution in [-0.2, 0) is 6.54 Å². The van der Waals surface area contributed by atoms with Crippen LogP contribution in [-0.4, -0.2) is 19.1 Å². The van der Waals surface area contributed by atoms with E-state index in [1.807, 2.05) is 62.4 Å². The first-order chi connectivity index (χ1) is 11.1. The number of methoxy groups -OCH3 is 1. The lowest BCUT2D eigenvalue weighted by Crippen LogP contribution is -2.30. The van der Waals surface area contributed by atoms with Crippen LogP contribution < -0.4 is 20.9 Å². The summed E-state index contributed by atoms with van der Waals surface area (Å²) >= 11 is 0. The normalized spacial score (nSPS) is 10.4. The molecule has 0 aliphatic carbocycles. The molecule has 0 heterocycles. The van der Waals surface area contributed by atoms with E-state index in [1.165, 1.54) is 0 Å². The van der Waals surface area contributed by atoms with Gasteiger partial charge in [-0.25, -0.2) is 5.43 Å². The van der Waals surface area contributed by atoms with Crippen molar-refractivity contribution in [2.45, 2.75) is 26.4 Å². The van der Waals surface area contributed by atoms with Gasteiger partial charge in [-0.3, -0.25) is 4.79 Å². The minimum atomic E-state index is -0.0510. The molecule has 122 valence electrons. The Bertz CT molecular complexity index is 639. The Morgan fingerprint density at radius 3 is 2.52 bits per heavy atom. The maximum atomic E-state index is 12.0. The van der Waals surface area contributed by atoms with Gasteiger partial charge in [-0.05, 0) is 55.8 Å². The maximum Gasteiger partial charge on any atom is 0.251 e. The highest BCUT2D eigenvalue weighted by Gasteiger charge is 2.07. The molecule has 0 aliphatic rings. The Hall–Kier alpha value is -2.53. The summed E-state index contributed by atoms with van der Waals surface area (Å²) in [5, 5.41) is 2.89. The monoisotopic (exact) mass is 313 g/mol. The summed E-state index contributed by atoms with van der Waals surface area (Å²) in [5.41, 5.74) is 8.90. The molecular weight excluding hydrogens is 290 g/mol. The highest BCUT2D eigenvalue weighted by molar-refractivity contribution is 5.94. The molecule has 23 heavy (non-hydrogen) atoms. The molecule has 1 amide bonds. The summed E-state index contributed by atoms with van der Waals surface area (Å²) < 4.78 is 5.12. The van der Waals surface area contributed by atoms with Crippen molar-refractivity contribution in [1.29, 1.82) is 0 Å². The van der Waals surface area contributed by atoms with Crippen LogP contribution in [0.25, 0.3) is 0 Å². The lowest BCUT2D eigenvalue weighted by atomic mass is 10.1. The molecule has 2 aromatic rings. The molecule has 5 nitrogen and oxygen atoms in total. The first-order valence-corrected chi connectivity index (χ1v) is 7.61. The molecule has 0 saturated carbocycles. The summed E-state index contributed by atoms with van der Waals surface area (Å²) in [6.07, 6.45) is 0. The van der Waals surface area contributed by atoms with Crippen molar-refractivity contribution >= 4 is 11.6 Å². The largest absolute Gasteiger partial charge is 0.497 e. The third-order valence-electron chi connectivity index (χ3n) is 3.22. The van der Waals surface area contributed by atoms with Crippen LogP contribution in [0.3, 0.4) is 0 Å². The second-order valence-corrected chi connectivity index (χ2v) is 5.54. The molecule has 0 spiro atoms. The first kappa shape index (κ1) is 16.8. The zero-order valence-electron chi connectivity index (χ0n) is 13.7. The molecule has 5 heteroatoms. The SMILES string of the molecule is COc1ccc(NNCc2cccc(C(=O)NC(C)C)c2)cc1. The highest BCUT2D eigenvalue weighted by atomic mass is 16.5. The molecule has 0 bridgehead atoms. The smallest absolute Gasteiger partial charge is 0.251 e. The molecule has 0 unspecified atom stereocenters. The zero-order chi connectivity index (χ0) is 16.7. The van der Waals surface area contributed by atoms with Gasteiger partial charge in [0.1, 0.15) is 5.75 Å². The minimum absolute atomic E-state index is 0.0510. The van der Waals surface area contributed by atoms with Crippen molar-refractivity contribution in [1.82, 2.24) is 10.7 Å². The molecule has 0 fully saturated rings. The van der Waals surface area contributed by atoms with E-state index in [0.29, 0.717) is 12.1 Å². The standard InChI is InChI=1S/C18H23N3O2/c1-13(2)20-18(22)15-6-4-5-14(11-15)12-19-21-16-7-9-17(23-3)10-8-16/h4-11,13,19,21H,12H2,1-3H3,(H,20,22). The molecular formula is C18H23N3O2. The van der Waals surface area contributed by atoms with Crippen LogP contribution in [0.15, 0.2) is 48.5 Å². The zero-order valence-corrected chi connectivity index (χ0v) is 13.7. The summed E-state index contributed by atoms with van der Waals surface area (Å²) in [7, 11) is 1.64. The van der Waals surface area contributed by atoms with E-state index in [9.17, 15) is 4.79 Å². The van der Waals surface area contributed by atoms with E-state index in [1.54, 1.807) is 7.11 Å². The number of rotatable bonds is 7. The summed E-state index contributed by atoms with van der Waals surface area (Å²) in [5.74, 6) is 0.768. The van der Waals surface area contributed by atoms with Crippen molar-refractivity contribution < 1.29 is 9.53 Å². The van der Waals surface area contributed by atoms with Gasteiger partial charge >= 0.3 is 0 Å². The molecule has 0 aliphatic heterocycles. The van der Waals surface area contributed by atoms with Crippen molar-refractivity contribution in [3.05, 3.63) is 59.7 Å². The molecule has 0 aromatic heterocycles. The van der Waals surface area contributed by atoms with Crippen LogP contribution in [0.5, 0.6) is 5.75 Å². The van der Waals surface area contributed by atoms with Crippen LogP contribution in [0.1, 0.15) is 29.8 Å². The van der Waals surface area contributed by atoms with Crippen LogP contribution in [0.4, 0.5) is 5.69 Å². The van der Waals surface area contributed by atoms with E-state index in [2.05, 4.69) is 16.2 Å². The maximum absolute atomic E-state index is 12.0. The molecule has 2 rings (SSSR count). The average Bonchev–Trinajstić information content (AvgIpc) is 2.55. The fraction of sp³-hybridized carbons (Fsp3) is 0.278. The number of amides is 1. The predicted octanol–water partition coefficient (Wildman–Crippen LogP) is 2.95. The summed E-state index contributed by atoms with van der Waals surface area (Å²) in [6.45, 7) is 4.50. The quantitative estimate of drug-likeness (QED) is 0.688. The fourth-order valence-corrected chi connectivity index (χ4v) is 2.09. The lowest BCUT2D eigenvalue weighted by Gasteiger charge is -2.11. The van der Waals surface area contributed by atoms with Gasteiger partial charge < -0.3 is 15.5 Å². The molecule has 2 aromatic carbocycles. The number of carbonyl (C=O) groups excluding carboxylic acids is 1. The minimum Gasteiger partial charge on any atom is -0.497 e. The Kier molecular flexibility index (Phi) is 6.00. The topological polar surface area (TPSA) is 62.4 Å². The van der Waals surface area contributed by atoms with Crippen molar-refractivity contribution in [3.8, 4) is 5.75 Å². The summed E-state index contributed by atoms with van der Waals surface area (Å²) in [4.78, 5) is 12.0. The number of hydrogen-bond donors (Lipinski definition) is 3. The number of ether oxygens (including phenoxy) is 1. The van der Waals surface area contributed by atoms with Gasteiger partial charge in [0.25, 0.3) is 5.91 Å². The number of hydrazine groups is 1. The lowest BCUT2D eigenvalue weighted by molar-refractivity contribution is 0.0943. The number of anilines is 1. The van der Waals surface area contributed by atoms with E-state index in [4.69, 9.17) is 4.74 Å². The Morgan fingerprint density at radius 1 is 1.13 bits per heavy atom. The predicted molar refractivity (Wildman–Crippen MR) is 92.5 cm³/mol.